The molecule has 0 heterocycles. The van der Waals surface area contributed by atoms with Gasteiger partial charge in [-0.2, -0.15) is 0 Å². The normalized spacial score (nSPS) is 11.6. The average molecular weight is 703 g/mol. The Hall–Kier alpha value is -0.560. The van der Waals surface area contributed by atoms with Gasteiger partial charge in [-0.1, -0.05) is 20.3 Å². The first-order valence-corrected chi connectivity index (χ1v) is 18.0. The Kier molecular flexibility index (Phi) is 45.9. The van der Waals surface area contributed by atoms with Crippen molar-refractivity contribution < 1.29 is 66.3 Å². The zero-order chi connectivity index (χ0) is 34.5. The molecule has 0 amide bonds. The Morgan fingerprint density at radius 1 is 0.167 bits per heavy atom. The quantitative estimate of drug-likeness (QED) is 0.0863. The third kappa shape index (κ3) is 45.4. The lowest BCUT2D eigenvalue weighted by molar-refractivity contribution is -0.0291. The fraction of sp³-hybridized carbons (Fsp3) is 1.00. The molecular weight excluding hydrogens is 632 g/mol. The average Bonchev–Trinajstić information content (AvgIpc) is 3.10. The molecule has 290 valence electrons. The number of unbranched alkanes of at least 4 members (excludes halogenated alkanes) is 1. The van der Waals surface area contributed by atoms with E-state index in [0.29, 0.717) is 165 Å². The summed E-state index contributed by atoms with van der Waals surface area (Å²) in [6.07, 6.45) is 4.22. The van der Waals surface area contributed by atoms with Crippen LogP contribution in [0.2, 0.25) is 0 Å². The van der Waals surface area contributed by atoms with E-state index in [1.807, 2.05) is 0 Å². The van der Waals surface area contributed by atoms with Crippen LogP contribution in [0.1, 0.15) is 39.5 Å². The van der Waals surface area contributed by atoms with E-state index in [-0.39, 0.29) is 0 Å². The number of rotatable bonds is 45. The predicted molar refractivity (Wildman–Crippen MR) is 181 cm³/mol. The lowest BCUT2D eigenvalue weighted by atomic mass is 10.4. The van der Waals surface area contributed by atoms with Crippen LogP contribution >= 0.6 is 0 Å². The van der Waals surface area contributed by atoms with Crippen LogP contribution in [0.5, 0.6) is 0 Å². The molecule has 0 unspecified atom stereocenters. The van der Waals surface area contributed by atoms with Gasteiger partial charge in [0, 0.05) is 26.4 Å². The van der Waals surface area contributed by atoms with Crippen molar-refractivity contribution in [2.75, 3.05) is 185 Å². The van der Waals surface area contributed by atoms with Crippen molar-refractivity contribution in [2.24, 2.45) is 0 Å². The summed E-state index contributed by atoms with van der Waals surface area (Å²) < 4.78 is 76.5. The molecule has 0 aromatic rings. The molecule has 0 aliphatic rings. The maximum Gasteiger partial charge on any atom is 0.0701 e. The summed E-state index contributed by atoms with van der Waals surface area (Å²) in [6.45, 7) is 20.2. The molecule has 0 atom stereocenters. The summed E-state index contributed by atoms with van der Waals surface area (Å²) in [4.78, 5) is 0. The molecule has 0 aliphatic carbocycles. The molecule has 0 aromatic carbocycles. The fourth-order valence-corrected chi connectivity index (χ4v) is 3.50. The molecular formula is C34H70O14. The maximum absolute atomic E-state index is 5.51. The van der Waals surface area contributed by atoms with Crippen LogP contribution in [-0.4, -0.2) is 185 Å². The van der Waals surface area contributed by atoms with Crippen molar-refractivity contribution in [1.82, 2.24) is 0 Å². The van der Waals surface area contributed by atoms with Crippen LogP contribution < -0.4 is 0 Å². The SMILES string of the molecule is CCCCOCCCOCCOCCOCCOCCOCCOCCOCCOCCOCCOCCOCCOCCOCCC. The molecule has 0 bridgehead atoms. The minimum atomic E-state index is 0.513. The minimum Gasteiger partial charge on any atom is -0.381 e. The van der Waals surface area contributed by atoms with Crippen LogP contribution in [0.25, 0.3) is 0 Å². The molecule has 0 aliphatic heterocycles. The van der Waals surface area contributed by atoms with Gasteiger partial charge in [0.15, 0.2) is 0 Å². The van der Waals surface area contributed by atoms with Crippen LogP contribution in [0, 0.1) is 0 Å². The van der Waals surface area contributed by atoms with Crippen LogP contribution in [0.15, 0.2) is 0 Å². The fourth-order valence-electron chi connectivity index (χ4n) is 3.50. The smallest absolute Gasteiger partial charge is 0.0701 e. The Bertz CT molecular complexity index is 504. The Morgan fingerprint density at radius 3 is 0.542 bits per heavy atom. The van der Waals surface area contributed by atoms with Crippen LogP contribution in [0.3, 0.4) is 0 Å². The lowest BCUT2D eigenvalue weighted by Gasteiger charge is -2.09. The molecule has 0 aromatic heterocycles. The largest absolute Gasteiger partial charge is 0.381 e. The van der Waals surface area contributed by atoms with Gasteiger partial charge in [-0.05, 0) is 19.3 Å². The number of hydrogen-bond acceptors (Lipinski definition) is 14. The van der Waals surface area contributed by atoms with E-state index in [0.717, 1.165) is 45.5 Å². The minimum absolute atomic E-state index is 0.513. The number of ether oxygens (including phenoxy) is 14. The van der Waals surface area contributed by atoms with Crippen molar-refractivity contribution in [3.05, 3.63) is 0 Å². The predicted octanol–water partition coefficient (Wildman–Crippen LogP) is 2.82. The summed E-state index contributed by atoms with van der Waals surface area (Å²) in [7, 11) is 0. The topological polar surface area (TPSA) is 129 Å². The van der Waals surface area contributed by atoms with E-state index in [1.165, 1.54) is 0 Å². The second kappa shape index (κ2) is 46.4. The van der Waals surface area contributed by atoms with Crippen molar-refractivity contribution in [3.8, 4) is 0 Å². The van der Waals surface area contributed by atoms with Crippen molar-refractivity contribution in [2.45, 2.75) is 39.5 Å². The standard InChI is InChI=1S/C34H70O14/c1-3-5-8-36-9-6-10-37-12-14-39-16-18-41-20-22-43-24-26-45-28-30-47-32-34-48-33-31-46-29-27-44-25-23-42-21-19-40-17-15-38-13-11-35-7-4-2/h3-34H2,1-2H3. The van der Waals surface area contributed by atoms with Gasteiger partial charge in [-0.25, -0.2) is 0 Å². The van der Waals surface area contributed by atoms with Gasteiger partial charge in [-0.15, -0.1) is 0 Å². The molecule has 0 saturated heterocycles. The monoisotopic (exact) mass is 702 g/mol. The highest BCUT2D eigenvalue weighted by Crippen LogP contribution is 1.91. The second-order valence-electron chi connectivity index (χ2n) is 10.3. The zero-order valence-corrected chi connectivity index (χ0v) is 30.3. The summed E-state index contributed by atoms with van der Waals surface area (Å²) in [6, 6.07) is 0. The number of hydrogen-bond donors (Lipinski definition) is 0. The highest BCUT2D eigenvalue weighted by molar-refractivity contribution is 4.41. The van der Waals surface area contributed by atoms with Crippen molar-refractivity contribution in [1.29, 1.82) is 0 Å². The summed E-state index contributed by atoms with van der Waals surface area (Å²) in [5, 5.41) is 0. The summed E-state index contributed by atoms with van der Waals surface area (Å²) in [5.41, 5.74) is 0. The molecule has 0 radical (unpaired) electrons. The van der Waals surface area contributed by atoms with E-state index >= 15 is 0 Å². The molecule has 14 heteroatoms. The highest BCUT2D eigenvalue weighted by atomic mass is 16.6. The van der Waals surface area contributed by atoms with Gasteiger partial charge in [0.1, 0.15) is 0 Å². The van der Waals surface area contributed by atoms with Gasteiger partial charge in [0.25, 0.3) is 0 Å². The van der Waals surface area contributed by atoms with Gasteiger partial charge < -0.3 is 66.3 Å². The van der Waals surface area contributed by atoms with E-state index in [1.54, 1.807) is 0 Å². The van der Waals surface area contributed by atoms with Gasteiger partial charge >= 0.3 is 0 Å². The van der Waals surface area contributed by atoms with Crippen molar-refractivity contribution in [3.63, 3.8) is 0 Å². The van der Waals surface area contributed by atoms with Crippen LogP contribution in [0.4, 0.5) is 0 Å². The lowest BCUT2D eigenvalue weighted by Crippen LogP contribution is -2.15. The van der Waals surface area contributed by atoms with Crippen molar-refractivity contribution >= 4 is 0 Å². The molecule has 0 rings (SSSR count). The Labute approximate surface area is 290 Å². The molecule has 0 N–H and O–H groups in total. The first kappa shape index (κ1) is 47.4. The zero-order valence-electron chi connectivity index (χ0n) is 30.3. The molecule has 48 heavy (non-hydrogen) atoms. The second-order valence-corrected chi connectivity index (χ2v) is 10.3. The highest BCUT2D eigenvalue weighted by Gasteiger charge is 1.97. The molecule has 14 nitrogen and oxygen atoms in total. The molecule has 0 saturated carbocycles. The van der Waals surface area contributed by atoms with E-state index in [2.05, 4.69) is 13.8 Å². The van der Waals surface area contributed by atoms with Gasteiger partial charge in [0.05, 0.1) is 159 Å². The first-order chi connectivity index (χ1) is 23.9. The first-order valence-electron chi connectivity index (χ1n) is 18.0. The summed E-state index contributed by atoms with van der Waals surface area (Å²) >= 11 is 0. The Morgan fingerprint density at radius 2 is 0.333 bits per heavy atom. The van der Waals surface area contributed by atoms with Crippen LogP contribution in [-0.2, 0) is 66.3 Å². The Balaban J connectivity index is 3.04. The van der Waals surface area contributed by atoms with E-state index in [9.17, 15) is 0 Å². The molecule has 0 fully saturated rings. The third-order valence-electron chi connectivity index (χ3n) is 6.03. The van der Waals surface area contributed by atoms with E-state index < -0.39 is 0 Å². The third-order valence-corrected chi connectivity index (χ3v) is 6.03. The van der Waals surface area contributed by atoms with Gasteiger partial charge in [0.2, 0.25) is 0 Å². The molecule has 0 spiro atoms. The summed E-state index contributed by atoms with van der Waals surface area (Å²) in [5.74, 6) is 0. The maximum atomic E-state index is 5.51. The van der Waals surface area contributed by atoms with E-state index in [4.69, 9.17) is 66.3 Å². The van der Waals surface area contributed by atoms with Gasteiger partial charge in [-0.3, -0.25) is 0 Å².